The molecule has 2 amide bonds. The van der Waals surface area contributed by atoms with E-state index in [2.05, 4.69) is 10.3 Å². The monoisotopic (exact) mass is 353 g/mol. The summed E-state index contributed by atoms with van der Waals surface area (Å²) in [5.41, 5.74) is 2.76. The first-order valence-corrected chi connectivity index (χ1v) is 8.78. The van der Waals surface area contributed by atoms with Crippen molar-refractivity contribution in [3.8, 4) is 0 Å². The molecule has 0 aliphatic carbocycles. The van der Waals surface area contributed by atoms with Crippen molar-refractivity contribution in [1.82, 2.24) is 4.98 Å². The van der Waals surface area contributed by atoms with Crippen molar-refractivity contribution in [2.24, 2.45) is 0 Å². The Bertz CT molecular complexity index is 983. The molecule has 4 rings (SSSR count). The molecule has 0 unspecified atom stereocenters. The van der Waals surface area contributed by atoms with Crippen LogP contribution < -0.4 is 10.2 Å². The zero-order valence-electron chi connectivity index (χ0n) is 13.5. The third-order valence-corrected chi connectivity index (χ3v) is 4.94. The van der Waals surface area contributed by atoms with Crippen molar-refractivity contribution < 1.29 is 14.0 Å². The average molecular weight is 353 g/mol. The summed E-state index contributed by atoms with van der Waals surface area (Å²) in [6, 6.07) is 12.9. The molecule has 3 aromatic rings. The number of anilines is 2. The zero-order chi connectivity index (χ0) is 17.4. The number of fused-ring (bicyclic) bond motifs is 2. The van der Waals surface area contributed by atoms with Crippen LogP contribution in [0, 0.1) is 6.92 Å². The lowest BCUT2D eigenvalue weighted by Crippen LogP contribution is -2.41. The van der Waals surface area contributed by atoms with Crippen molar-refractivity contribution in [2.75, 3.05) is 22.5 Å². The minimum absolute atomic E-state index is 0.0215. The van der Waals surface area contributed by atoms with E-state index in [0.29, 0.717) is 28.4 Å². The van der Waals surface area contributed by atoms with E-state index >= 15 is 0 Å². The van der Waals surface area contributed by atoms with Crippen LogP contribution in [-0.4, -0.2) is 29.1 Å². The topological polar surface area (TPSA) is 75.4 Å². The van der Waals surface area contributed by atoms with Gasteiger partial charge in [0, 0.05) is 17.5 Å². The van der Waals surface area contributed by atoms with E-state index in [-0.39, 0.29) is 18.4 Å². The number of aromatic nitrogens is 1. The molecular formula is C18H15N3O3S. The highest BCUT2D eigenvalue weighted by Crippen LogP contribution is 2.34. The van der Waals surface area contributed by atoms with Gasteiger partial charge in [0.15, 0.2) is 11.5 Å². The highest BCUT2D eigenvalue weighted by molar-refractivity contribution is 8.00. The van der Waals surface area contributed by atoms with Crippen LogP contribution in [0.5, 0.6) is 0 Å². The Labute approximate surface area is 148 Å². The highest BCUT2D eigenvalue weighted by atomic mass is 32.2. The molecule has 2 heterocycles. The van der Waals surface area contributed by atoms with Crippen molar-refractivity contribution in [2.45, 2.75) is 11.8 Å². The zero-order valence-corrected chi connectivity index (χ0v) is 14.3. The molecule has 0 saturated carbocycles. The molecule has 0 atom stereocenters. The van der Waals surface area contributed by atoms with Crippen molar-refractivity contribution >= 4 is 46.1 Å². The van der Waals surface area contributed by atoms with Gasteiger partial charge < -0.3 is 14.6 Å². The Morgan fingerprint density at radius 1 is 1.32 bits per heavy atom. The largest absolute Gasteiger partial charge is 0.441 e. The molecule has 1 aliphatic heterocycles. The van der Waals surface area contributed by atoms with E-state index in [4.69, 9.17) is 4.42 Å². The maximum atomic E-state index is 12.4. The molecule has 1 aromatic heterocycles. The lowest BCUT2D eigenvalue weighted by molar-refractivity contribution is -0.120. The Morgan fingerprint density at radius 3 is 3.04 bits per heavy atom. The van der Waals surface area contributed by atoms with Gasteiger partial charge in [0.1, 0.15) is 12.1 Å². The van der Waals surface area contributed by atoms with E-state index in [0.717, 1.165) is 10.6 Å². The lowest BCUT2D eigenvalue weighted by Gasteiger charge is -2.28. The Kier molecular flexibility index (Phi) is 3.93. The van der Waals surface area contributed by atoms with Gasteiger partial charge in [0.2, 0.25) is 11.8 Å². The Morgan fingerprint density at radius 2 is 2.16 bits per heavy atom. The van der Waals surface area contributed by atoms with E-state index in [1.165, 1.54) is 16.7 Å². The third kappa shape index (κ3) is 3.10. The smallest absolute Gasteiger partial charge is 0.244 e. The second-order valence-electron chi connectivity index (χ2n) is 5.70. The van der Waals surface area contributed by atoms with Crippen LogP contribution in [0.3, 0.4) is 0 Å². The molecule has 0 bridgehead atoms. The van der Waals surface area contributed by atoms with E-state index in [1.54, 1.807) is 25.1 Å². The number of hydrogen-bond donors (Lipinski definition) is 1. The second kappa shape index (κ2) is 6.25. The Hall–Kier alpha value is -2.80. The number of oxazole rings is 1. The molecule has 0 fully saturated rings. The predicted molar refractivity (Wildman–Crippen MR) is 96.9 cm³/mol. The maximum Gasteiger partial charge on any atom is 0.244 e. The summed E-state index contributed by atoms with van der Waals surface area (Å²) in [7, 11) is 0. The summed E-state index contributed by atoms with van der Waals surface area (Å²) in [5.74, 6) is 0.594. The molecule has 0 spiro atoms. The first kappa shape index (κ1) is 15.7. The molecule has 6 nitrogen and oxygen atoms in total. The van der Waals surface area contributed by atoms with Gasteiger partial charge in [-0.25, -0.2) is 4.98 Å². The molecule has 7 heteroatoms. The van der Waals surface area contributed by atoms with Crippen molar-refractivity contribution in [3.63, 3.8) is 0 Å². The van der Waals surface area contributed by atoms with Gasteiger partial charge in [-0.3, -0.25) is 9.59 Å². The van der Waals surface area contributed by atoms with Crippen molar-refractivity contribution in [1.29, 1.82) is 0 Å². The first-order valence-electron chi connectivity index (χ1n) is 7.79. The number of carbonyl (C=O) groups excluding carboxylic acids is 2. The molecular weight excluding hydrogens is 338 g/mol. The van der Waals surface area contributed by atoms with Gasteiger partial charge in [-0.2, -0.15) is 0 Å². The summed E-state index contributed by atoms with van der Waals surface area (Å²) in [6.45, 7) is 1.75. The van der Waals surface area contributed by atoms with Crippen LogP contribution in [-0.2, 0) is 9.59 Å². The van der Waals surface area contributed by atoms with Gasteiger partial charge in [-0.15, -0.1) is 11.8 Å². The number of thioether (sulfide) groups is 1. The van der Waals surface area contributed by atoms with Crippen LogP contribution in [0.4, 0.5) is 11.4 Å². The number of rotatable bonds is 3. The standard InChI is InChI=1S/C18H15N3O3S/c1-11-19-13-8-12(6-7-15(13)24-11)20-17(22)9-21-14-4-2-3-5-16(14)25-10-18(21)23/h2-8H,9-10H2,1H3,(H,20,22). The molecule has 0 saturated heterocycles. The normalized spacial score (nSPS) is 13.8. The highest BCUT2D eigenvalue weighted by Gasteiger charge is 2.26. The van der Waals surface area contributed by atoms with Gasteiger partial charge in [-0.1, -0.05) is 12.1 Å². The SMILES string of the molecule is Cc1nc2cc(NC(=O)CN3C(=O)CSc4ccccc43)ccc2o1. The summed E-state index contributed by atoms with van der Waals surface area (Å²) in [4.78, 5) is 31.4. The molecule has 0 radical (unpaired) electrons. The summed E-state index contributed by atoms with van der Waals surface area (Å²) >= 11 is 1.49. The summed E-state index contributed by atoms with van der Waals surface area (Å²) < 4.78 is 5.42. The fraction of sp³-hybridized carbons (Fsp3) is 0.167. The molecule has 2 aromatic carbocycles. The molecule has 1 N–H and O–H groups in total. The van der Waals surface area contributed by atoms with Crippen LogP contribution in [0.1, 0.15) is 5.89 Å². The summed E-state index contributed by atoms with van der Waals surface area (Å²) in [6.07, 6.45) is 0. The number of nitrogens with zero attached hydrogens (tertiary/aromatic N) is 2. The van der Waals surface area contributed by atoms with Gasteiger partial charge >= 0.3 is 0 Å². The maximum absolute atomic E-state index is 12.4. The van der Waals surface area contributed by atoms with Crippen LogP contribution >= 0.6 is 11.8 Å². The predicted octanol–water partition coefficient (Wildman–Crippen LogP) is 3.21. The summed E-state index contributed by atoms with van der Waals surface area (Å²) in [5, 5.41) is 2.82. The minimum Gasteiger partial charge on any atom is -0.441 e. The number of carbonyl (C=O) groups is 2. The number of hydrogen-bond acceptors (Lipinski definition) is 5. The number of amides is 2. The number of para-hydroxylation sites is 1. The average Bonchev–Trinajstić information content (AvgIpc) is 2.97. The molecule has 25 heavy (non-hydrogen) atoms. The first-order chi connectivity index (χ1) is 12.1. The van der Waals surface area contributed by atoms with Gasteiger partial charge in [0.05, 0.1) is 11.4 Å². The third-order valence-electron chi connectivity index (χ3n) is 3.89. The molecule has 126 valence electrons. The van der Waals surface area contributed by atoms with Gasteiger partial charge in [-0.05, 0) is 30.3 Å². The number of nitrogens with one attached hydrogen (secondary N) is 1. The van der Waals surface area contributed by atoms with Crippen LogP contribution in [0.15, 0.2) is 51.8 Å². The second-order valence-corrected chi connectivity index (χ2v) is 6.72. The van der Waals surface area contributed by atoms with E-state index in [1.807, 2.05) is 24.3 Å². The van der Waals surface area contributed by atoms with Crippen molar-refractivity contribution in [3.05, 3.63) is 48.4 Å². The van der Waals surface area contributed by atoms with Crippen LogP contribution in [0.2, 0.25) is 0 Å². The Balaban J connectivity index is 1.52. The number of aryl methyl sites for hydroxylation is 1. The van der Waals surface area contributed by atoms with Gasteiger partial charge in [0.25, 0.3) is 0 Å². The number of benzene rings is 2. The van der Waals surface area contributed by atoms with Crippen LogP contribution in [0.25, 0.3) is 11.1 Å². The molecule has 1 aliphatic rings. The minimum atomic E-state index is -0.255. The van der Waals surface area contributed by atoms with E-state index < -0.39 is 0 Å². The lowest BCUT2D eigenvalue weighted by atomic mass is 10.2. The quantitative estimate of drug-likeness (QED) is 0.782. The van der Waals surface area contributed by atoms with E-state index in [9.17, 15) is 9.59 Å². The fourth-order valence-corrected chi connectivity index (χ4v) is 3.73. The fourth-order valence-electron chi connectivity index (χ4n) is 2.79.